The molecule has 7 nitrogen and oxygen atoms in total. The summed E-state index contributed by atoms with van der Waals surface area (Å²) in [6.07, 6.45) is 1.53. The third-order valence-electron chi connectivity index (χ3n) is 4.77. The van der Waals surface area contributed by atoms with Crippen molar-refractivity contribution >= 4 is 21.9 Å². The highest BCUT2D eigenvalue weighted by atomic mass is 32.2. The van der Waals surface area contributed by atoms with E-state index in [0.29, 0.717) is 25.8 Å². The first-order chi connectivity index (χ1) is 12.6. The zero-order valence-corrected chi connectivity index (χ0v) is 16.7. The maximum Gasteiger partial charge on any atom is 0.303 e. The highest BCUT2D eigenvalue weighted by Gasteiger charge is 2.34. The van der Waals surface area contributed by atoms with Gasteiger partial charge in [0.15, 0.2) is 0 Å². The fourth-order valence-corrected chi connectivity index (χ4v) is 4.81. The van der Waals surface area contributed by atoms with Gasteiger partial charge in [-0.2, -0.15) is 0 Å². The SMILES string of the molecule is CC(C)(CCC(=O)O)NC(=O)C1CCCN(S(=O)(=O)Cc2ccccc2)C1. The zero-order chi connectivity index (χ0) is 20.1. The number of hydrogen-bond acceptors (Lipinski definition) is 4. The van der Waals surface area contributed by atoms with E-state index in [1.165, 1.54) is 4.31 Å². The second-order valence-corrected chi connectivity index (χ2v) is 9.67. The van der Waals surface area contributed by atoms with Gasteiger partial charge in [-0.3, -0.25) is 9.59 Å². The number of piperidine rings is 1. The molecule has 1 aliphatic heterocycles. The molecule has 0 spiro atoms. The molecule has 150 valence electrons. The summed E-state index contributed by atoms with van der Waals surface area (Å²) < 4.78 is 26.8. The first-order valence-electron chi connectivity index (χ1n) is 9.15. The van der Waals surface area contributed by atoms with E-state index in [-0.39, 0.29) is 24.6 Å². The molecule has 1 saturated heterocycles. The Hall–Kier alpha value is -1.93. The Morgan fingerprint density at radius 2 is 1.93 bits per heavy atom. The molecule has 0 aliphatic carbocycles. The van der Waals surface area contributed by atoms with Crippen molar-refractivity contribution in [2.45, 2.75) is 50.8 Å². The van der Waals surface area contributed by atoms with E-state index < -0.39 is 27.4 Å². The number of carboxylic acids is 1. The Morgan fingerprint density at radius 3 is 2.56 bits per heavy atom. The summed E-state index contributed by atoms with van der Waals surface area (Å²) >= 11 is 0. The molecule has 1 aromatic carbocycles. The van der Waals surface area contributed by atoms with E-state index in [1.54, 1.807) is 38.1 Å². The molecule has 8 heteroatoms. The number of nitrogens with zero attached hydrogens (tertiary/aromatic N) is 1. The van der Waals surface area contributed by atoms with Gasteiger partial charge in [0.05, 0.1) is 11.7 Å². The largest absolute Gasteiger partial charge is 0.481 e. The van der Waals surface area contributed by atoms with Crippen molar-refractivity contribution in [2.75, 3.05) is 13.1 Å². The summed E-state index contributed by atoms with van der Waals surface area (Å²) in [5.41, 5.74) is 0.0691. The number of rotatable bonds is 8. The van der Waals surface area contributed by atoms with Crippen LogP contribution in [-0.2, 0) is 25.4 Å². The second kappa shape index (κ2) is 8.84. The molecular formula is C19H28N2O5S. The van der Waals surface area contributed by atoms with Crippen LogP contribution in [0.1, 0.15) is 45.1 Å². The van der Waals surface area contributed by atoms with Gasteiger partial charge in [-0.15, -0.1) is 0 Å². The van der Waals surface area contributed by atoms with E-state index >= 15 is 0 Å². The first kappa shape index (κ1) is 21.4. The minimum Gasteiger partial charge on any atom is -0.481 e. The molecular weight excluding hydrogens is 368 g/mol. The quantitative estimate of drug-likeness (QED) is 0.699. The molecule has 1 atom stereocenters. The monoisotopic (exact) mass is 396 g/mol. The van der Waals surface area contributed by atoms with Crippen LogP contribution in [0, 0.1) is 5.92 Å². The number of carbonyl (C=O) groups is 2. The van der Waals surface area contributed by atoms with E-state index in [0.717, 1.165) is 5.56 Å². The number of nitrogens with one attached hydrogen (secondary N) is 1. The fraction of sp³-hybridized carbons (Fsp3) is 0.579. The zero-order valence-electron chi connectivity index (χ0n) is 15.8. The van der Waals surface area contributed by atoms with Crippen LogP contribution < -0.4 is 5.32 Å². The van der Waals surface area contributed by atoms with Crippen LogP contribution >= 0.6 is 0 Å². The summed E-state index contributed by atoms with van der Waals surface area (Å²) in [7, 11) is -3.49. The molecule has 2 N–H and O–H groups in total. The maximum absolute atomic E-state index is 12.7. The van der Waals surface area contributed by atoms with Gasteiger partial charge < -0.3 is 10.4 Å². The van der Waals surface area contributed by atoms with Gasteiger partial charge in [0.2, 0.25) is 15.9 Å². The minimum absolute atomic E-state index is 0.0322. The second-order valence-electron chi connectivity index (χ2n) is 7.71. The molecule has 0 aromatic heterocycles. The summed E-state index contributed by atoms with van der Waals surface area (Å²) in [6, 6.07) is 8.99. The Bertz CT molecular complexity index is 762. The first-order valence-corrected chi connectivity index (χ1v) is 10.8. The van der Waals surface area contributed by atoms with Crippen LogP contribution in [0.15, 0.2) is 30.3 Å². The fourth-order valence-electron chi connectivity index (χ4n) is 3.20. The predicted molar refractivity (Wildman–Crippen MR) is 102 cm³/mol. The number of carbonyl (C=O) groups excluding carboxylic acids is 1. The molecule has 1 heterocycles. The molecule has 1 aromatic rings. The van der Waals surface area contributed by atoms with Gasteiger partial charge in [0, 0.05) is 25.0 Å². The third-order valence-corrected chi connectivity index (χ3v) is 6.58. The van der Waals surface area contributed by atoms with E-state index in [2.05, 4.69) is 5.32 Å². The van der Waals surface area contributed by atoms with Gasteiger partial charge in [-0.05, 0) is 38.7 Å². The summed E-state index contributed by atoms with van der Waals surface area (Å²) in [5, 5.41) is 11.7. The molecule has 0 saturated carbocycles. The number of benzene rings is 1. The average molecular weight is 397 g/mol. The van der Waals surface area contributed by atoms with Crippen molar-refractivity contribution in [1.82, 2.24) is 9.62 Å². The van der Waals surface area contributed by atoms with Gasteiger partial charge >= 0.3 is 5.97 Å². The average Bonchev–Trinajstić information content (AvgIpc) is 2.60. The Balaban J connectivity index is 1.98. The van der Waals surface area contributed by atoms with Crippen LogP contribution in [-0.4, -0.2) is 48.3 Å². The Kier molecular flexibility index (Phi) is 7.00. The summed E-state index contributed by atoms with van der Waals surface area (Å²) in [5.74, 6) is -1.63. The molecule has 0 radical (unpaired) electrons. The third kappa shape index (κ3) is 6.62. The van der Waals surface area contributed by atoms with E-state index in [9.17, 15) is 18.0 Å². The molecule has 1 unspecified atom stereocenters. The van der Waals surface area contributed by atoms with Crippen molar-refractivity contribution in [3.8, 4) is 0 Å². The van der Waals surface area contributed by atoms with Crippen LogP contribution in [0.5, 0.6) is 0 Å². The molecule has 1 aliphatic rings. The van der Waals surface area contributed by atoms with Crippen LogP contribution in [0.4, 0.5) is 0 Å². The lowest BCUT2D eigenvalue weighted by atomic mass is 9.94. The topological polar surface area (TPSA) is 104 Å². The standard InChI is InChI=1S/C19H28N2O5S/c1-19(2,11-10-17(22)23)20-18(24)16-9-6-12-21(13-16)27(25,26)14-15-7-4-3-5-8-15/h3-5,7-8,16H,6,9-14H2,1-2H3,(H,20,24)(H,22,23). The highest BCUT2D eigenvalue weighted by molar-refractivity contribution is 7.88. The lowest BCUT2D eigenvalue weighted by molar-refractivity contribution is -0.138. The molecule has 2 rings (SSSR count). The Morgan fingerprint density at radius 1 is 1.26 bits per heavy atom. The normalized spacial score (nSPS) is 18.8. The van der Waals surface area contributed by atoms with E-state index in [4.69, 9.17) is 5.11 Å². The highest BCUT2D eigenvalue weighted by Crippen LogP contribution is 2.23. The van der Waals surface area contributed by atoms with Gasteiger partial charge in [0.1, 0.15) is 0 Å². The lowest BCUT2D eigenvalue weighted by Crippen LogP contribution is -2.51. The van der Waals surface area contributed by atoms with E-state index in [1.807, 2.05) is 6.07 Å². The molecule has 0 bridgehead atoms. The van der Waals surface area contributed by atoms with Crippen LogP contribution in [0.2, 0.25) is 0 Å². The smallest absolute Gasteiger partial charge is 0.303 e. The lowest BCUT2D eigenvalue weighted by Gasteiger charge is -2.34. The van der Waals surface area contributed by atoms with Crippen molar-refractivity contribution in [2.24, 2.45) is 5.92 Å². The maximum atomic E-state index is 12.7. The van der Waals surface area contributed by atoms with Gasteiger partial charge in [-0.1, -0.05) is 30.3 Å². The van der Waals surface area contributed by atoms with Crippen molar-refractivity contribution in [3.05, 3.63) is 35.9 Å². The van der Waals surface area contributed by atoms with Gasteiger partial charge in [-0.25, -0.2) is 12.7 Å². The Labute approximate surface area is 160 Å². The van der Waals surface area contributed by atoms with Crippen LogP contribution in [0.3, 0.4) is 0 Å². The number of sulfonamides is 1. The molecule has 1 fully saturated rings. The predicted octanol–water partition coefficient (Wildman–Crippen LogP) is 1.99. The van der Waals surface area contributed by atoms with Crippen molar-refractivity contribution in [1.29, 1.82) is 0 Å². The van der Waals surface area contributed by atoms with Crippen LogP contribution in [0.25, 0.3) is 0 Å². The van der Waals surface area contributed by atoms with Crippen molar-refractivity contribution < 1.29 is 23.1 Å². The summed E-state index contributed by atoms with van der Waals surface area (Å²) in [4.78, 5) is 23.4. The van der Waals surface area contributed by atoms with Gasteiger partial charge in [0.25, 0.3) is 0 Å². The number of amides is 1. The summed E-state index contributed by atoms with van der Waals surface area (Å²) in [6.45, 7) is 4.14. The minimum atomic E-state index is -3.49. The number of hydrogen-bond donors (Lipinski definition) is 2. The number of aliphatic carboxylic acids is 1. The molecule has 27 heavy (non-hydrogen) atoms. The number of carboxylic acid groups (broad SMARTS) is 1. The molecule has 1 amide bonds. The van der Waals surface area contributed by atoms with Crippen molar-refractivity contribution in [3.63, 3.8) is 0 Å².